The monoisotopic (exact) mass is 379 g/mol. The summed E-state index contributed by atoms with van der Waals surface area (Å²) in [6.07, 6.45) is 1.05. The van der Waals surface area contributed by atoms with Crippen molar-refractivity contribution in [2.45, 2.75) is 20.3 Å². The Morgan fingerprint density at radius 3 is 2.38 bits per heavy atom. The quantitative estimate of drug-likeness (QED) is 0.328. The highest BCUT2D eigenvalue weighted by Gasteiger charge is 2.13. The normalized spacial score (nSPS) is 12.2. The molecule has 0 amide bonds. The van der Waals surface area contributed by atoms with Gasteiger partial charge in [0, 0.05) is 10.9 Å². The molecule has 2 aromatic rings. The topological polar surface area (TPSA) is 0 Å². The Hall–Kier alpha value is -0.640. The number of halogens is 1. The third-order valence-corrected chi connectivity index (χ3v) is 5.12. The number of alkyl halides is 1. The van der Waals surface area contributed by atoms with Gasteiger partial charge < -0.3 is 0 Å². The second-order valence-corrected chi connectivity index (χ2v) is 6.92. The van der Waals surface area contributed by atoms with Gasteiger partial charge in [-0.2, -0.15) is 0 Å². The van der Waals surface area contributed by atoms with Crippen molar-refractivity contribution in [3.8, 4) is 0 Å². The van der Waals surface area contributed by atoms with Crippen LogP contribution >= 0.6 is 28.6 Å². The van der Waals surface area contributed by atoms with E-state index in [0.717, 1.165) is 27.1 Å². The fraction of sp³-hybridized carbons (Fsp3) is 0.222. The number of aryl methyl sites for hydroxylation is 3. The predicted octanol–water partition coefficient (Wildman–Crippen LogP) is 5.01. The van der Waals surface area contributed by atoms with Crippen molar-refractivity contribution in [3.63, 3.8) is 0 Å². The van der Waals surface area contributed by atoms with E-state index in [-0.39, 0.29) is 0 Å². The molecular weight excluding hydrogens is 360 g/mol. The van der Waals surface area contributed by atoms with Gasteiger partial charge in [0.05, 0.1) is 4.91 Å². The summed E-state index contributed by atoms with van der Waals surface area (Å²) in [5.74, 6) is 0. The van der Waals surface area contributed by atoms with Crippen molar-refractivity contribution >= 4 is 51.0 Å². The maximum atomic E-state index is 4.72. The first-order chi connectivity index (χ1) is 10.0. The molecule has 0 atom stereocenters. The minimum absolute atomic E-state index is 0.964. The molecule has 0 bridgehead atoms. The van der Waals surface area contributed by atoms with Crippen LogP contribution in [0.3, 0.4) is 0 Å². The number of rotatable bonds is 4. The first-order valence-corrected chi connectivity index (χ1v) is 8.97. The van der Waals surface area contributed by atoms with E-state index in [9.17, 15) is 0 Å². The van der Waals surface area contributed by atoms with Crippen LogP contribution in [0.1, 0.15) is 27.8 Å². The summed E-state index contributed by atoms with van der Waals surface area (Å²) in [7, 11) is 0. The highest BCUT2D eigenvalue weighted by atomic mass is 79.9. The molecule has 0 aliphatic rings. The minimum Gasteiger partial charge on any atom is -0.138 e. The fourth-order valence-corrected chi connectivity index (χ4v) is 3.36. The van der Waals surface area contributed by atoms with E-state index in [4.69, 9.17) is 12.6 Å². The highest BCUT2D eigenvalue weighted by molar-refractivity contribution is 9.09. The van der Waals surface area contributed by atoms with Gasteiger partial charge in [0.2, 0.25) is 0 Å². The van der Waals surface area contributed by atoms with E-state index < -0.39 is 0 Å². The van der Waals surface area contributed by atoms with Crippen molar-refractivity contribution in [1.29, 1.82) is 0 Å². The fourth-order valence-electron chi connectivity index (χ4n) is 2.22. The zero-order valence-electron chi connectivity index (χ0n) is 12.3. The van der Waals surface area contributed by atoms with Crippen LogP contribution in [-0.4, -0.2) is 5.33 Å². The minimum atomic E-state index is 0.964. The average Bonchev–Trinajstić information content (AvgIpc) is 2.49. The lowest BCUT2D eigenvalue weighted by Gasteiger charge is -2.07. The second kappa shape index (κ2) is 7.57. The molecule has 0 fully saturated rings. The Morgan fingerprint density at radius 2 is 1.76 bits per heavy atom. The third kappa shape index (κ3) is 4.18. The first kappa shape index (κ1) is 16.7. The van der Waals surface area contributed by atoms with Crippen LogP contribution in [0.25, 0.3) is 9.81 Å². The van der Waals surface area contributed by atoms with Crippen molar-refractivity contribution in [3.05, 3.63) is 70.3 Å². The Labute approximate surface area is 146 Å². The molecule has 0 aliphatic carbocycles. The van der Waals surface area contributed by atoms with E-state index in [0.29, 0.717) is 0 Å². The molecule has 3 heteroatoms. The molecule has 0 unspecified atom stereocenters. The molecule has 21 heavy (non-hydrogen) atoms. The van der Waals surface area contributed by atoms with Crippen LogP contribution < -0.4 is 0 Å². The van der Waals surface area contributed by atoms with Crippen LogP contribution in [-0.2, 0) is 19.0 Å². The van der Waals surface area contributed by atoms with Gasteiger partial charge in [0.15, 0.2) is 4.91 Å². The van der Waals surface area contributed by atoms with E-state index in [1.54, 1.807) is 0 Å². The standard InChI is InChI=1S/C18H19BrS2/c1-12-3-4-13(2)16(11-12)18(21)17(20)15-7-5-14(6-8-15)9-10-19/h3-8,11,20-21H,9-10H2,1-2H3/p+1/b18-17-. The number of hydrogen-bond acceptors (Lipinski definition) is 1. The van der Waals surface area contributed by atoms with Crippen molar-refractivity contribution in [2.24, 2.45) is 0 Å². The Bertz CT molecular complexity index is 657. The summed E-state index contributed by atoms with van der Waals surface area (Å²) in [6, 6.07) is 15.0. The largest absolute Gasteiger partial charge is 0.171 e. The van der Waals surface area contributed by atoms with Gasteiger partial charge in [-0.25, -0.2) is 0 Å². The lowest BCUT2D eigenvalue weighted by molar-refractivity contribution is 1.17. The zero-order valence-corrected chi connectivity index (χ0v) is 15.8. The molecule has 2 rings (SSSR count). The number of hydrogen-bond donors (Lipinski definition) is 1. The van der Waals surface area contributed by atoms with E-state index >= 15 is 0 Å². The van der Waals surface area contributed by atoms with Crippen LogP contribution in [0.15, 0.2) is 42.5 Å². The molecule has 0 N–H and O–H groups in total. The van der Waals surface area contributed by atoms with Crippen molar-refractivity contribution < 1.29 is 0 Å². The summed E-state index contributed by atoms with van der Waals surface area (Å²) in [5, 5.41) is 0.988. The molecule has 0 saturated heterocycles. The first-order valence-electron chi connectivity index (χ1n) is 6.90. The van der Waals surface area contributed by atoms with Crippen LogP contribution in [0, 0.1) is 13.8 Å². The van der Waals surface area contributed by atoms with Gasteiger partial charge in [-0.3, -0.25) is 0 Å². The van der Waals surface area contributed by atoms with E-state index in [1.807, 2.05) is 0 Å². The molecule has 0 spiro atoms. The van der Waals surface area contributed by atoms with Crippen molar-refractivity contribution in [1.82, 2.24) is 0 Å². The molecule has 0 aromatic heterocycles. The lowest BCUT2D eigenvalue weighted by atomic mass is 10.0. The summed E-state index contributed by atoms with van der Waals surface area (Å²) in [4.78, 5) is 2.00. The predicted molar refractivity (Wildman–Crippen MR) is 106 cm³/mol. The van der Waals surface area contributed by atoms with Crippen LogP contribution in [0.4, 0.5) is 0 Å². The van der Waals surface area contributed by atoms with Crippen LogP contribution in [0.5, 0.6) is 0 Å². The zero-order chi connectivity index (χ0) is 15.4. The Balaban J connectivity index is 2.39. The summed E-state index contributed by atoms with van der Waals surface area (Å²) in [6.45, 7) is 4.23. The summed E-state index contributed by atoms with van der Waals surface area (Å²) < 4.78 is 0. The summed E-state index contributed by atoms with van der Waals surface area (Å²) in [5.41, 5.74) is 6.15. The number of thiol groups is 1. The Kier molecular flexibility index (Phi) is 6.03. The third-order valence-electron chi connectivity index (χ3n) is 3.51. The molecule has 0 radical (unpaired) electrons. The van der Waals surface area contributed by atoms with Crippen LogP contribution in [0.2, 0.25) is 0 Å². The molecule has 110 valence electrons. The molecule has 0 nitrogen and oxygen atoms in total. The second-order valence-electron chi connectivity index (χ2n) is 5.18. The molecule has 0 aliphatic heterocycles. The van der Waals surface area contributed by atoms with Gasteiger partial charge in [-0.05, 0) is 55.7 Å². The maximum absolute atomic E-state index is 4.72. The molecule has 2 aromatic carbocycles. The number of benzene rings is 2. The SMILES string of the molecule is Cc1ccc(C)c(/C([SH2+])=C(/S)c2ccc(CCBr)cc2)c1. The maximum Gasteiger partial charge on any atom is 0.171 e. The smallest absolute Gasteiger partial charge is 0.138 e. The highest BCUT2D eigenvalue weighted by Crippen LogP contribution is 2.30. The van der Waals surface area contributed by atoms with Gasteiger partial charge in [0.25, 0.3) is 0 Å². The Morgan fingerprint density at radius 1 is 1.10 bits per heavy atom. The van der Waals surface area contributed by atoms with E-state index in [1.165, 1.54) is 22.3 Å². The molecule has 0 saturated carbocycles. The molecular formula is C18H20BrS2+. The van der Waals surface area contributed by atoms with Gasteiger partial charge >= 0.3 is 0 Å². The van der Waals surface area contributed by atoms with Crippen molar-refractivity contribution in [2.75, 3.05) is 5.33 Å². The van der Waals surface area contributed by atoms with Gasteiger partial charge in [0.1, 0.15) is 0 Å². The van der Waals surface area contributed by atoms with Gasteiger partial charge in [-0.1, -0.05) is 57.9 Å². The lowest BCUT2D eigenvalue weighted by Crippen LogP contribution is -1.91. The van der Waals surface area contributed by atoms with E-state index in [2.05, 4.69) is 84.9 Å². The summed E-state index contributed by atoms with van der Waals surface area (Å²) >= 11 is 12.0. The van der Waals surface area contributed by atoms with Gasteiger partial charge in [-0.15, -0.1) is 12.6 Å². The average molecular weight is 380 g/mol. The molecule has 0 heterocycles.